The quantitative estimate of drug-likeness (QED) is 0.940. The first-order valence-corrected chi connectivity index (χ1v) is 8.22. The molecule has 1 aromatic heterocycles. The minimum atomic E-state index is 0.101. The number of pyridine rings is 1. The SMILES string of the molecule is CC(C)N(Cc1cccnc1)C(=O)c1cccc2c1CCCN2. The second-order valence-corrected chi connectivity index (χ2v) is 6.25. The molecule has 2 heterocycles. The molecule has 1 aliphatic rings. The van der Waals surface area contributed by atoms with Gasteiger partial charge < -0.3 is 10.2 Å². The summed E-state index contributed by atoms with van der Waals surface area (Å²) in [5.41, 5.74) is 4.14. The molecule has 4 heteroatoms. The Bertz CT molecular complexity index is 682. The summed E-state index contributed by atoms with van der Waals surface area (Å²) in [4.78, 5) is 19.2. The van der Waals surface area contributed by atoms with Gasteiger partial charge in [0.25, 0.3) is 5.91 Å². The predicted molar refractivity (Wildman–Crippen MR) is 92.5 cm³/mol. The van der Waals surface area contributed by atoms with Crippen molar-refractivity contribution < 1.29 is 4.79 Å². The number of nitrogens with zero attached hydrogens (tertiary/aromatic N) is 2. The van der Waals surface area contributed by atoms with E-state index in [-0.39, 0.29) is 11.9 Å². The van der Waals surface area contributed by atoms with E-state index in [4.69, 9.17) is 0 Å². The topological polar surface area (TPSA) is 45.2 Å². The summed E-state index contributed by atoms with van der Waals surface area (Å²) in [5, 5.41) is 3.39. The fourth-order valence-electron chi connectivity index (χ4n) is 3.04. The van der Waals surface area contributed by atoms with Gasteiger partial charge >= 0.3 is 0 Å². The van der Waals surface area contributed by atoms with Crippen molar-refractivity contribution in [3.8, 4) is 0 Å². The van der Waals surface area contributed by atoms with Crippen LogP contribution in [0.2, 0.25) is 0 Å². The Balaban J connectivity index is 1.90. The molecule has 1 amide bonds. The number of amides is 1. The molecule has 1 N–H and O–H groups in total. The Hall–Kier alpha value is -2.36. The lowest BCUT2D eigenvalue weighted by Gasteiger charge is -2.29. The molecule has 2 aromatic rings. The molecule has 0 atom stereocenters. The highest BCUT2D eigenvalue weighted by molar-refractivity contribution is 5.97. The highest BCUT2D eigenvalue weighted by Gasteiger charge is 2.23. The van der Waals surface area contributed by atoms with Gasteiger partial charge in [-0.05, 0) is 56.0 Å². The molecular weight excluding hydrogens is 286 g/mol. The number of fused-ring (bicyclic) bond motifs is 1. The molecule has 3 rings (SSSR count). The van der Waals surface area contributed by atoms with Crippen molar-refractivity contribution in [3.05, 3.63) is 59.4 Å². The maximum atomic E-state index is 13.1. The van der Waals surface area contributed by atoms with Crippen molar-refractivity contribution in [1.29, 1.82) is 0 Å². The van der Waals surface area contributed by atoms with Crippen molar-refractivity contribution in [3.63, 3.8) is 0 Å². The van der Waals surface area contributed by atoms with E-state index in [2.05, 4.69) is 30.2 Å². The Morgan fingerprint density at radius 3 is 2.91 bits per heavy atom. The van der Waals surface area contributed by atoms with Crippen LogP contribution in [0.1, 0.15) is 41.8 Å². The summed E-state index contributed by atoms with van der Waals surface area (Å²) in [6, 6.07) is 10.0. The van der Waals surface area contributed by atoms with Gasteiger partial charge in [-0.3, -0.25) is 9.78 Å². The number of hydrogen-bond donors (Lipinski definition) is 1. The number of nitrogens with one attached hydrogen (secondary N) is 1. The number of anilines is 1. The molecule has 4 nitrogen and oxygen atoms in total. The number of hydrogen-bond acceptors (Lipinski definition) is 3. The maximum absolute atomic E-state index is 13.1. The summed E-state index contributed by atoms with van der Waals surface area (Å²) in [6.45, 7) is 5.68. The van der Waals surface area contributed by atoms with Gasteiger partial charge in [0.1, 0.15) is 0 Å². The van der Waals surface area contributed by atoms with Crippen LogP contribution < -0.4 is 5.32 Å². The lowest BCUT2D eigenvalue weighted by atomic mass is 9.96. The van der Waals surface area contributed by atoms with E-state index in [0.717, 1.165) is 41.8 Å². The Labute approximate surface area is 137 Å². The fraction of sp³-hybridized carbons (Fsp3) is 0.368. The summed E-state index contributed by atoms with van der Waals surface area (Å²) >= 11 is 0. The molecule has 0 radical (unpaired) electrons. The summed E-state index contributed by atoms with van der Waals surface area (Å²) in [7, 11) is 0. The predicted octanol–water partition coefficient (Wildman–Crippen LogP) is 3.49. The first-order chi connectivity index (χ1) is 11.2. The normalized spacial score (nSPS) is 13.3. The van der Waals surface area contributed by atoms with Gasteiger partial charge in [-0.15, -0.1) is 0 Å². The Morgan fingerprint density at radius 1 is 1.30 bits per heavy atom. The zero-order valence-electron chi connectivity index (χ0n) is 13.7. The van der Waals surface area contributed by atoms with Crippen molar-refractivity contribution in [1.82, 2.24) is 9.88 Å². The summed E-state index contributed by atoms with van der Waals surface area (Å²) in [6.07, 6.45) is 5.61. The van der Waals surface area contributed by atoms with Gasteiger partial charge in [-0.25, -0.2) is 0 Å². The second-order valence-electron chi connectivity index (χ2n) is 6.25. The minimum absolute atomic E-state index is 0.101. The molecule has 1 aliphatic heterocycles. The first kappa shape index (κ1) is 15.5. The zero-order chi connectivity index (χ0) is 16.2. The standard InChI is InChI=1S/C19H23N3O/c1-14(2)22(13-15-6-4-10-20-12-15)19(23)17-7-3-9-18-16(17)8-5-11-21-18/h3-4,6-7,9-10,12,14,21H,5,8,11,13H2,1-2H3. The lowest BCUT2D eigenvalue weighted by molar-refractivity contribution is 0.0689. The molecule has 0 aliphatic carbocycles. The highest BCUT2D eigenvalue weighted by Crippen LogP contribution is 2.27. The smallest absolute Gasteiger partial charge is 0.254 e. The van der Waals surface area contributed by atoms with E-state index in [0.29, 0.717) is 6.54 Å². The van der Waals surface area contributed by atoms with Crippen LogP contribution >= 0.6 is 0 Å². The second kappa shape index (κ2) is 6.82. The number of benzene rings is 1. The van der Waals surface area contributed by atoms with Crippen LogP contribution in [0.5, 0.6) is 0 Å². The molecule has 120 valence electrons. The number of carbonyl (C=O) groups excluding carboxylic acids is 1. The summed E-state index contributed by atoms with van der Waals surface area (Å²) in [5.74, 6) is 0.101. The van der Waals surface area contributed by atoms with Crippen LogP contribution in [0.25, 0.3) is 0 Å². The van der Waals surface area contributed by atoms with E-state index >= 15 is 0 Å². The maximum Gasteiger partial charge on any atom is 0.254 e. The zero-order valence-corrected chi connectivity index (χ0v) is 13.7. The third-order valence-corrected chi connectivity index (χ3v) is 4.29. The van der Waals surface area contributed by atoms with E-state index < -0.39 is 0 Å². The van der Waals surface area contributed by atoms with Gasteiger partial charge in [0.2, 0.25) is 0 Å². The van der Waals surface area contributed by atoms with Gasteiger partial charge in [0.05, 0.1) is 0 Å². The van der Waals surface area contributed by atoms with Crippen LogP contribution in [-0.2, 0) is 13.0 Å². The van der Waals surface area contributed by atoms with Crippen LogP contribution in [-0.4, -0.2) is 28.4 Å². The molecule has 1 aromatic carbocycles. The number of carbonyl (C=O) groups is 1. The number of aromatic nitrogens is 1. The average Bonchev–Trinajstić information content (AvgIpc) is 2.59. The third-order valence-electron chi connectivity index (χ3n) is 4.29. The van der Waals surface area contributed by atoms with E-state index in [1.807, 2.05) is 35.4 Å². The van der Waals surface area contributed by atoms with Crippen LogP contribution in [0.4, 0.5) is 5.69 Å². The molecule has 0 spiro atoms. The van der Waals surface area contributed by atoms with E-state index in [1.54, 1.807) is 6.20 Å². The van der Waals surface area contributed by atoms with Crippen LogP contribution in [0, 0.1) is 0 Å². The monoisotopic (exact) mass is 309 g/mol. The molecule has 0 bridgehead atoms. The minimum Gasteiger partial charge on any atom is -0.385 e. The molecule has 0 saturated heterocycles. The first-order valence-electron chi connectivity index (χ1n) is 8.22. The van der Waals surface area contributed by atoms with Gasteiger partial charge in [-0.1, -0.05) is 12.1 Å². The Kier molecular flexibility index (Phi) is 4.60. The molecule has 0 unspecified atom stereocenters. The Morgan fingerprint density at radius 2 is 2.17 bits per heavy atom. The molecule has 0 saturated carbocycles. The molecule has 23 heavy (non-hydrogen) atoms. The van der Waals surface area contributed by atoms with Gasteiger partial charge in [0, 0.05) is 42.8 Å². The van der Waals surface area contributed by atoms with Crippen molar-refractivity contribution in [2.45, 2.75) is 39.3 Å². The molecule has 0 fully saturated rings. The third kappa shape index (κ3) is 3.36. The lowest BCUT2D eigenvalue weighted by Crippen LogP contribution is -2.37. The van der Waals surface area contributed by atoms with Gasteiger partial charge in [-0.2, -0.15) is 0 Å². The van der Waals surface area contributed by atoms with Crippen molar-refractivity contribution in [2.24, 2.45) is 0 Å². The summed E-state index contributed by atoms with van der Waals surface area (Å²) < 4.78 is 0. The highest BCUT2D eigenvalue weighted by atomic mass is 16.2. The molecular formula is C19H23N3O. The number of rotatable bonds is 4. The van der Waals surface area contributed by atoms with Gasteiger partial charge in [0.15, 0.2) is 0 Å². The largest absolute Gasteiger partial charge is 0.385 e. The van der Waals surface area contributed by atoms with Crippen LogP contribution in [0.15, 0.2) is 42.7 Å². The fourth-order valence-corrected chi connectivity index (χ4v) is 3.04. The van der Waals surface area contributed by atoms with E-state index in [1.165, 1.54) is 0 Å². The van der Waals surface area contributed by atoms with Crippen LogP contribution in [0.3, 0.4) is 0 Å². The average molecular weight is 309 g/mol. The van der Waals surface area contributed by atoms with E-state index in [9.17, 15) is 4.79 Å². The van der Waals surface area contributed by atoms with Crippen molar-refractivity contribution >= 4 is 11.6 Å². The van der Waals surface area contributed by atoms with Crippen molar-refractivity contribution in [2.75, 3.05) is 11.9 Å².